The Morgan fingerprint density at radius 1 is 1.24 bits per heavy atom. The van der Waals surface area contributed by atoms with Gasteiger partial charge in [0.15, 0.2) is 0 Å². The third kappa shape index (κ3) is 2.72. The van der Waals surface area contributed by atoms with Crippen LogP contribution in [-0.2, 0) is 6.54 Å². The van der Waals surface area contributed by atoms with E-state index in [-0.39, 0.29) is 0 Å². The lowest BCUT2D eigenvalue weighted by Crippen LogP contribution is -2.05. The first-order valence-electron chi connectivity index (χ1n) is 5.48. The number of phenolic OH excluding ortho intramolecular Hbond substituents is 1. The zero-order chi connectivity index (χ0) is 12.3. The fraction of sp³-hybridized carbons (Fsp3) is 0.231. The maximum atomic E-state index is 9.64. The van der Waals surface area contributed by atoms with Gasteiger partial charge in [0.05, 0.1) is 11.4 Å². The number of aryl methyl sites for hydroxylation is 2. The van der Waals surface area contributed by atoms with Crippen molar-refractivity contribution in [2.75, 3.05) is 5.32 Å². The van der Waals surface area contributed by atoms with E-state index in [2.05, 4.69) is 15.3 Å². The van der Waals surface area contributed by atoms with Gasteiger partial charge in [0.2, 0.25) is 0 Å². The van der Waals surface area contributed by atoms with Crippen molar-refractivity contribution in [1.82, 2.24) is 9.97 Å². The molecule has 0 spiro atoms. The predicted octanol–water partition coefficient (Wildman–Crippen LogP) is 2.41. The predicted molar refractivity (Wildman–Crippen MR) is 66.9 cm³/mol. The lowest BCUT2D eigenvalue weighted by Gasteiger charge is -2.09. The molecule has 2 rings (SSSR count). The van der Waals surface area contributed by atoms with Crippen LogP contribution in [0.15, 0.2) is 30.5 Å². The van der Waals surface area contributed by atoms with E-state index in [4.69, 9.17) is 0 Å². The van der Waals surface area contributed by atoms with Crippen LogP contribution in [0.2, 0.25) is 0 Å². The Kier molecular flexibility index (Phi) is 3.23. The van der Waals surface area contributed by atoms with Gasteiger partial charge in [-0.1, -0.05) is 18.2 Å². The van der Waals surface area contributed by atoms with Crippen molar-refractivity contribution in [1.29, 1.82) is 0 Å². The lowest BCUT2D eigenvalue weighted by molar-refractivity contribution is 0.469. The number of hydrogen-bond donors (Lipinski definition) is 2. The first kappa shape index (κ1) is 11.4. The summed E-state index contributed by atoms with van der Waals surface area (Å²) in [6.45, 7) is 4.34. The molecule has 0 saturated carbocycles. The summed E-state index contributed by atoms with van der Waals surface area (Å²) in [5.41, 5.74) is 2.57. The Morgan fingerprint density at radius 3 is 2.76 bits per heavy atom. The molecular formula is C13H15N3O. The number of benzene rings is 1. The molecule has 0 amide bonds. The summed E-state index contributed by atoms with van der Waals surface area (Å²) in [5, 5.41) is 12.8. The molecule has 0 saturated heterocycles. The van der Waals surface area contributed by atoms with E-state index in [1.807, 2.05) is 26.0 Å². The quantitative estimate of drug-likeness (QED) is 0.848. The standard InChI is InChI=1S/C13H15N3O/c1-9-7-14-10(2)13(16-9)15-8-11-5-3-4-6-12(11)17/h3-7,17H,8H2,1-2H3,(H,15,16). The van der Waals surface area contributed by atoms with Crippen molar-refractivity contribution < 1.29 is 5.11 Å². The lowest BCUT2D eigenvalue weighted by atomic mass is 10.2. The van der Waals surface area contributed by atoms with Crippen LogP contribution in [-0.4, -0.2) is 15.1 Å². The summed E-state index contributed by atoms with van der Waals surface area (Å²) in [7, 11) is 0. The number of phenols is 1. The van der Waals surface area contributed by atoms with Gasteiger partial charge >= 0.3 is 0 Å². The minimum atomic E-state index is 0.290. The first-order valence-corrected chi connectivity index (χ1v) is 5.48. The maximum absolute atomic E-state index is 9.64. The van der Waals surface area contributed by atoms with Crippen LogP contribution in [0.3, 0.4) is 0 Å². The van der Waals surface area contributed by atoms with Gasteiger partial charge in [-0.25, -0.2) is 4.98 Å². The minimum Gasteiger partial charge on any atom is -0.508 e. The highest BCUT2D eigenvalue weighted by atomic mass is 16.3. The normalized spacial score (nSPS) is 10.2. The second-order valence-electron chi connectivity index (χ2n) is 3.93. The van der Waals surface area contributed by atoms with Crippen LogP contribution in [0, 0.1) is 13.8 Å². The van der Waals surface area contributed by atoms with Gasteiger partial charge in [-0.2, -0.15) is 0 Å². The van der Waals surface area contributed by atoms with Crippen LogP contribution in [0.4, 0.5) is 5.82 Å². The molecule has 4 heteroatoms. The summed E-state index contributed by atoms with van der Waals surface area (Å²) in [6, 6.07) is 7.24. The average molecular weight is 229 g/mol. The second kappa shape index (κ2) is 4.82. The molecule has 0 aliphatic carbocycles. The third-order valence-electron chi connectivity index (χ3n) is 2.51. The van der Waals surface area contributed by atoms with Crippen molar-refractivity contribution in [3.8, 4) is 5.75 Å². The molecule has 1 heterocycles. The van der Waals surface area contributed by atoms with Crippen LogP contribution in [0.1, 0.15) is 17.0 Å². The molecule has 4 nitrogen and oxygen atoms in total. The minimum absolute atomic E-state index is 0.290. The van der Waals surface area contributed by atoms with E-state index in [0.29, 0.717) is 12.3 Å². The molecule has 0 atom stereocenters. The zero-order valence-electron chi connectivity index (χ0n) is 9.94. The third-order valence-corrected chi connectivity index (χ3v) is 2.51. The Balaban J connectivity index is 2.12. The van der Waals surface area contributed by atoms with Gasteiger partial charge < -0.3 is 10.4 Å². The molecule has 0 radical (unpaired) electrons. The fourth-order valence-corrected chi connectivity index (χ4v) is 1.54. The highest BCUT2D eigenvalue weighted by Crippen LogP contribution is 2.17. The van der Waals surface area contributed by atoms with Crippen LogP contribution in [0.25, 0.3) is 0 Å². The van der Waals surface area contributed by atoms with Gasteiger partial charge in [-0.05, 0) is 19.9 Å². The highest BCUT2D eigenvalue weighted by molar-refractivity contribution is 5.42. The average Bonchev–Trinajstić information content (AvgIpc) is 2.32. The van der Waals surface area contributed by atoms with Gasteiger partial charge in [-0.3, -0.25) is 4.98 Å². The number of hydrogen-bond acceptors (Lipinski definition) is 4. The Morgan fingerprint density at radius 2 is 2.00 bits per heavy atom. The summed E-state index contributed by atoms with van der Waals surface area (Å²) in [4.78, 5) is 8.59. The fourth-order valence-electron chi connectivity index (χ4n) is 1.54. The molecule has 0 unspecified atom stereocenters. The van der Waals surface area contributed by atoms with E-state index in [1.54, 1.807) is 18.3 Å². The van der Waals surface area contributed by atoms with Crippen LogP contribution in [0.5, 0.6) is 5.75 Å². The van der Waals surface area contributed by atoms with E-state index in [9.17, 15) is 5.11 Å². The van der Waals surface area contributed by atoms with Crippen molar-refractivity contribution in [3.63, 3.8) is 0 Å². The molecule has 2 aromatic rings. The van der Waals surface area contributed by atoms with Crippen LogP contribution >= 0.6 is 0 Å². The zero-order valence-corrected chi connectivity index (χ0v) is 9.94. The monoisotopic (exact) mass is 229 g/mol. The second-order valence-corrected chi connectivity index (χ2v) is 3.93. The summed E-state index contributed by atoms with van der Waals surface area (Å²) in [6.07, 6.45) is 1.74. The van der Waals surface area contributed by atoms with Gasteiger partial charge in [0, 0.05) is 18.3 Å². The smallest absolute Gasteiger partial charge is 0.148 e. The van der Waals surface area contributed by atoms with Crippen LogP contribution < -0.4 is 5.32 Å². The molecule has 1 aromatic carbocycles. The Labute approximate surface area is 100 Å². The van der Waals surface area contributed by atoms with E-state index in [0.717, 1.165) is 22.8 Å². The van der Waals surface area contributed by atoms with Gasteiger partial charge in [0.25, 0.3) is 0 Å². The van der Waals surface area contributed by atoms with E-state index in [1.165, 1.54) is 0 Å². The maximum Gasteiger partial charge on any atom is 0.148 e. The Bertz CT molecular complexity index is 526. The van der Waals surface area contributed by atoms with Crippen molar-refractivity contribution in [2.45, 2.75) is 20.4 Å². The van der Waals surface area contributed by atoms with Crippen molar-refractivity contribution in [3.05, 3.63) is 47.4 Å². The number of nitrogens with zero attached hydrogens (tertiary/aromatic N) is 2. The van der Waals surface area contributed by atoms with Crippen molar-refractivity contribution >= 4 is 5.82 Å². The van der Waals surface area contributed by atoms with Gasteiger partial charge in [-0.15, -0.1) is 0 Å². The van der Waals surface area contributed by atoms with Gasteiger partial charge in [0.1, 0.15) is 11.6 Å². The van der Waals surface area contributed by atoms with E-state index < -0.39 is 0 Å². The molecule has 1 aromatic heterocycles. The number of para-hydroxylation sites is 1. The van der Waals surface area contributed by atoms with E-state index >= 15 is 0 Å². The summed E-state index contributed by atoms with van der Waals surface area (Å²) < 4.78 is 0. The molecule has 0 aliphatic heterocycles. The molecule has 0 fully saturated rings. The number of nitrogens with one attached hydrogen (secondary N) is 1. The largest absolute Gasteiger partial charge is 0.508 e. The molecule has 0 aliphatic rings. The number of aromatic nitrogens is 2. The highest BCUT2D eigenvalue weighted by Gasteiger charge is 2.03. The number of anilines is 1. The SMILES string of the molecule is Cc1cnc(C)c(NCc2ccccc2O)n1. The Hall–Kier alpha value is -2.10. The molecule has 2 N–H and O–H groups in total. The molecule has 0 bridgehead atoms. The number of rotatable bonds is 3. The van der Waals surface area contributed by atoms with Crippen molar-refractivity contribution in [2.24, 2.45) is 0 Å². The first-order chi connectivity index (χ1) is 8.16. The molecule has 88 valence electrons. The summed E-state index contributed by atoms with van der Waals surface area (Å²) in [5.74, 6) is 1.05. The summed E-state index contributed by atoms with van der Waals surface area (Å²) >= 11 is 0. The number of aromatic hydroxyl groups is 1. The topological polar surface area (TPSA) is 58.0 Å². The molecule has 17 heavy (non-hydrogen) atoms. The molecular weight excluding hydrogens is 214 g/mol.